The van der Waals surface area contributed by atoms with Gasteiger partial charge in [0, 0.05) is 90.1 Å². The summed E-state index contributed by atoms with van der Waals surface area (Å²) in [6.45, 7) is 23.4. The molecule has 8 aliphatic heterocycles. The predicted octanol–water partition coefficient (Wildman–Crippen LogP) is 17.8. The molecule has 0 aliphatic carbocycles. The van der Waals surface area contributed by atoms with Crippen LogP contribution in [0.15, 0.2) is 205 Å². The molecule has 24 rings (SSSR count). The fraction of sp³-hybridized carbons (Fsp3) is 0.418. The van der Waals surface area contributed by atoms with Crippen LogP contribution in [0.2, 0.25) is 0 Å². The third-order valence-electron chi connectivity index (χ3n) is 28.4. The Morgan fingerprint density at radius 1 is 0.303 bits per heavy atom. The van der Waals surface area contributed by atoms with Gasteiger partial charge < -0.3 is 113 Å². The van der Waals surface area contributed by atoms with Crippen LogP contribution in [-0.2, 0) is 59.9 Å². The van der Waals surface area contributed by atoms with E-state index in [-0.39, 0.29) is 26.4 Å². The monoisotopic (exact) mass is 1930 g/mol. The van der Waals surface area contributed by atoms with E-state index in [4.69, 9.17) is 73.2 Å². The summed E-state index contributed by atoms with van der Waals surface area (Å²) in [5, 5.41) is 77.5. The third-order valence-corrected chi connectivity index (χ3v) is 28.4. The maximum absolute atomic E-state index is 10.7. The lowest BCUT2D eigenvalue weighted by atomic mass is 9.85. The van der Waals surface area contributed by atoms with Crippen LogP contribution in [-0.4, -0.2) is 230 Å². The summed E-state index contributed by atoms with van der Waals surface area (Å²) < 4.78 is 91.8. The molecule has 32 nitrogen and oxygen atoms in total. The number of benzene rings is 8. The molecule has 740 valence electrons. The van der Waals surface area contributed by atoms with Crippen LogP contribution in [0.1, 0.15) is 160 Å². The van der Waals surface area contributed by atoms with E-state index in [0.717, 1.165) is 197 Å². The molecule has 8 aliphatic rings. The third kappa shape index (κ3) is 22.7. The van der Waals surface area contributed by atoms with Gasteiger partial charge in [0.2, 0.25) is 23.6 Å². The molecule has 16 aromatic rings. The van der Waals surface area contributed by atoms with E-state index >= 15 is 0 Å². The molecule has 142 heavy (non-hydrogen) atoms. The van der Waals surface area contributed by atoms with E-state index in [9.17, 15) is 20.4 Å². The quantitative estimate of drug-likeness (QED) is 0.0354. The SMILES string of the molecule is Cc1nnc(-c2cc3c(OC[C@@H](O)CN4CCC(c5ccc6c(c5)CCOC6)CC4)cccc3o2)o1.Cc1nnc(-c2cc3c(OC[C@@H](O)CN4CCC(c5ccc6c(c5)COC6)CC4)cccc3o2)o1.Cc1nnc(-c2cc3c(OC[C@@H](O)CN4CCC(c5ccc6c(c5)COCC6)CC4)cccc3o2)o1.Cc1nnc(-c2cc3c(OC[C@@H](O)CN4CCC(c5cccc6c5CCO6)CC4)cccc3o2)o1. The van der Waals surface area contributed by atoms with E-state index in [1.54, 1.807) is 27.7 Å². The number of ether oxygens (including phenoxy) is 8. The van der Waals surface area contributed by atoms with E-state index in [2.05, 4.69) is 133 Å². The fourth-order valence-electron chi connectivity index (χ4n) is 20.9. The number of hydrogen-bond acceptors (Lipinski definition) is 32. The van der Waals surface area contributed by atoms with Crippen molar-refractivity contribution in [3.63, 3.8) is 0 Å². The highest BCUT2D eigenvalue weighted by atomic mass is 16.5. The molecule has 8 aromatic carbocycles. The van der Waals surface area contributed by atoms with Gasteiger partial charge in [0.1, 0.15) is 102 Å². The smallest absolute Gasteiger partial charge is 0.283 e. The second kappa shape index (κ2) is 43.9. The average molecular weight is 1930 g/mol. The molecule has 0 spiro atoms. The standard InChI is InChI=1S/2C28H31N3O5.2C27H29N3O5/c1-18-29-30-28(35-18)27-14-24-25(3-2-4-26(24)36-27)34-17-23(32)15-31-10-7-19(8-11-31)20-5-6-22-16-33-12-9-21(22)13-20;1-18-29-30-28(35-18)27-14-24-25(3-2-4-26(24)36-27)34-17-23(32)15-31-10-7-20(8-11-31)21-6-5-19-9-12-33-16-22(19)13-21;1-17-28-29-27(34-17)26-14-22-24(6-3-7-25(22)35-26)33-16-19(31)15-30-11-8-18(9-12-30)20-4-2-5-23-21(20)10-13-32-23;1-17-28-29-27(34-17)26-12-23-24(3-2-4-25(23)35-26)33-16-22(31)13-30-9-7-18(8-10-30)19-5-6-20-14-32-15-21(20)11-19/h2-6,13-14,19,23,32H,7-12,15-17H2,1H3;2-6,13-14,20,23,32H,7-12,15-17H2,1H3;2-7,14,18-19,31H,8-13,15-16H2,1H3;2-6,11-12,18,22,31H,7-10,13-16H2,1H3/t2*23-;19-;22-/m0000/s1. The van der Waals surface area contributed by atoms with Gasteiger partial charge in [-0.25, -0.2) is 0 Å². The molecule has 0 bridgehead atoms. The number of aryl methyl sites for hydroxylation is 4. The number of β-amino-alcohol motifs (C(OH)–C–C–N with tert-alkyl or cyclic N) is 4. The second-order valence-electron chi connectivity index (χ2n) is 38.4. The average Bonchev–Trinajstić information content (AvgIpc) is 1.67. The number of aromatic nitrogens is 8. The van der Waals surface area contributed by atoms with Crippen LogP contribution in [0.3, 0.4) is 0 Å². The topological polar surface area (TPSA) is 376 Å². The van der Waals surface area contributed by atoms with E-state index in [1.807, 2.05) is 97.1 Å². The van der Waals surface area contributed by atoms with Crippen molar-refractivity contribution < 1.29 is 93.7 Å². The normalized spacial score (nSPS) is 17.7. The highest BCUT2D eigenvalue weighted by Gasteiger charge is 2.33. The van der Waals surface area contributed by atoms with Gasteiger partial charge in [-0.1, -0.05) is 91.0 Å². The van der Waals surface area contributed by atoms with Crippen LogP contribution in [0, 0.1) is 27.7 Å². The number of aliphatic hydroxyl groups excluding tert-OH is 4. The molecule has 0 radical (unpaired) electrons. The van der Waals surface area contributed by atoms with Crippen LogP contribution in [0.25, 0.3) is 90.5 Å². The van der Waals surface area contributed by atoms with Crippen molar-refractivity contribution in [2.45, 2.75) is 173 Å². The van der Waals surface area contributed by atoms with Gasteiger partial charge in [-0.05, 0) is 250 Å². The number of piperidine rings is 4. The first-order valence-corrected chi connectivity index (χ1v) is 49.8. The van der Waals surface area contributed by atoms with Crippen LogP contribution >= 0.6 is 0 Å². The van der Waals surface area contributed by atoms with Gasteiger partial charge in [0.15, 0.2) is 23.0 Å². The van der Waals surface area contributed by atoms with Gasteiger partial charge in [0.05, 0.1) is 67.8 Å². The van der Waals surface area contributed by atoms with E-state index in [0.29, 0.717) is 165 Å². The van der Waals surface area contributed by atoms with Crippen molar-refractivity contribution in [3.8, 4) is 75.4 Å². The molecule has 4 fully saturated rings. The zero-order chi connectivity index (χ0) is 96.5. The molecule has 4 N–H and O–H groups in total. The van der Waals surface area contributed by atoms with Crippen LogP contribution < -0.4 is 23.7 Å². The minimum Gasteiger partial charge on any atom is -0.493 e. The lowest BCUT2D eigenvalue weighted by Gasteiger charge is -2.33. The highest BCUT2D eigenvalue weighted by molar-refractivity contribution is 5.90. The molecule has 16 heterocycles. The highest BCUT2D eigenvalue weighted by Crippen LogP contribution is 2.43. The maximum Gasteiger partial charge on any atom is 0.283 e. The van der Waals surface area contributed by atoms with Gasteiger partial charge in [0.25, 0.3) is 23.6 Å². The Morgan fingerprint density at radius 2 is 0.613 bits per heavy atom. The lowest BCUT2D eigenvalue weighted by molar-refractivity contribution is 0.0598. The number of aliphatic hydroxyl groups is 4. The number of hydrogen-bond donors (Lipinski definition) is 4. The van der Waals surface area contributed by atoms with Gasteiger partial charge in [-0.2, -0.15) is 0 Å². The summed E-state index contributed by atoms with van der Waals surface area (Å²) in [5.74, 6) is 11.2. The van der Waals surface area contributed by atoms with Crippen molar-refractivity contribution >= 4 is 43.9 Å². The summed E-state index contributed by atoms with van der Waals surface area (Å²) >= 11 is 0. The molecule has 32 heteroatoms. The second-order valence-corrected chi connectivity index (χ2v) is 38.4. The lowest BCUT2D eigenvalue weighted by Crippen LogP contribution is -2.40. The van der Waals surface area contributed by atoms with Crippen molar-refractivity contribution in [2.75, 3.05) is 125 Å². The number of nitrogens with zero attached hydrogens (tertiary/aromatic N) is 12. The minimum absolute atomic E-state index is 0.211. The van der Waals surface area contributed by atoms with Crippen LogP contribution in [0.4, 0.5) is 0 Å². The fourth-order valence-corrected chi connectivity index (χ4v) is 20.9. The Bertz CT molecular complexity index is 6750. The van der Waals surface area contributed by atoms with Crippen molar-refractivity contribution in [3.05, 3.63) is 255 Å². The van der Waals surface area contributed by atoms with Crippen molar-refractivity contribution in [2.24, 2.45) is 0 Å². The summed E-state index contributed by atoms with van der Waals surface area (Å²) in [5.41, 5.74) is 18.0. The van der Waals surface area contributed by atoms with Gasteiger partial charge in [-0.3, -0.25) is 0 Å². The summed E-state index contributed by atoms with van der Waals surface area (Å²) in [4.78, 5) is 9.33. The molecule has 8 aromatic heterocycles. The van der Waals surface area contributed by atoms with Crippen LogP contribution in [0.5, 0.6) is 28.7 Å². The first-order valence-electron chi connectivity index (χ1n) is 49.8. The predicted molar refractivity (Wildman–Crippen MR) is 527 cm³/mol. The van der Waals surface area contributed by atoms with E-state index < -0.39 is 24.4 Å². The molecular formula is C110H120N12O20. The number of furan rings is 4. The van der Waals surface area contributed by atoms with Gasteiger partial charge >= 0.3 is 0 Å². The molecular weight excluding hydrogens is 1810 g/mol. The van der Waals surface area contributed by atoms with E-state index in [1.165, 1.54) is 61.2 Å². The Kier molecular flexibility index (Phi) is 29.4. The molecule has 0 unspecified atom stereocenters. The molecule has 0 amide bonds. The summed E-state index contributed by atoms with van der Waals surface area (Å²) in [6, 6.07) is 56.9. The number of likely N-dealkylation sites (tertiary alicyclic amines) is 4. The minimum atomic E-state index is -0.582. The van der Waals surface area contributed by atoms with Gasteiger partial charge in [-0.15, -0.1) is 40.8 Å². The Balaban J connectivity index is 0.000000112. The molecule has 4 atom stereocenters. The Morgan fingerprint density at radius 3 is 0.979 bits per heavy atom. The zero-order valence-corrected chi connectivity index (χ0v) is 80.5. The summed E-state index contributed by atoms with van der Waals surface area (Å²) in [6.07, 6.45) is 9.51. The van der Waals surface area contributed by atoms with Crippen molar-refractivity contribution in [1.29, 1.82) is 0 Å². The maximum atomic E-state index is 10.7. The molecule has 4 saturated heterocycles. The first-order chi connectivity index (χ1) is 69.5. The zero-order valence-electron chi connectivity index (χ0n) is 80.5. The largest absolute Gasteiger partial charge is 0.493 e. The molecule has 0 saturated carbocycles. The Hall–Kier alpha value is -13.0. The number of fused-ring (bicyclic) bond motifs is 8. The number of rotatable bonds is 28. The Labute approximate surface area is 821 Å². The first kappa shape index (κ1) is 95.2. The van der Waals surface area contributed by atoms with Crippen molar-refractivity contribution in [1.82, 2.24) is 60.4 Å². The summed E-state index contributed by atoms with van der Waals surface area (Å²) in [7, 11) is 0.